The Bertz CT molecular complexity index is 1050. The molecule has 1 aromatic carbocycles. The molecule has 3 heterocycles. The molecule has 7 nitrogen and oxygen atoms in total. The maximum atomic E-state index is 12.2. The standard InChI is InChI=1S/C20H23N5O2/c1-23-13-21-17-11-14(5-6-16(17)20(23)26)25-9-7-24(8-10-25)12-18-15-3-2-4-19(15)27-22-18/h5-6,11,13H,2-4,7-10,12H2,1H3. The molecule has 0 saturated carbocycles. The normalized spacial score (nSPS) is 17.6. The van der Waals surface area contributed by atoms with E-state index in [-0.39, 0.29) is 5.56 Å². The highest BCUT2D eigenvalue weighted by molar-refractivity contribution is 5.81. The van der Waals surface area contributed by atoms with Gasteiger partial charge in [0.15, 0.2) is 0 Å². The Labute approximate surface area is 157 Å². The summed E-state index contributed by atoms with van der Waals surface area (Å²) in [4.78, 5) is 21.4. The van der Waals surface area contributed by atoms with Gasteiger partial charge in [-0.05, 0) is 31.0 Å². The van der Waals surface area contributed by atoms with Gasteiger partial charge >= 0.3 is 0 Å². The van der Waals surface area contributed by atoms with Crippen molar-refractivity contribution < 1.29 is 4.52 Å². The third-order valence-corrected chi connectivity index (χ3v) is 5.79. The van der Waals surface area contributed by atoms with Crippen LogP contribution in [-0.4, -0.2) is 45.8 Å². The third-order valence-electron chi connectivity index (χ3n) is 5.79. The van der Waals surface area contributed by atoms with E-state index in [1.54, 1.807) is 13.4 Å². The Hall–Kier alpha value is -2.67. The minimum atomic E-state index is -0.00323. The summed E-state index contributed by atoms with van der Waals surface area (Å²) in [6, 6.07) is 5.95. The summed E-state index contributed by atoms with van der Waals surface area (Å²) in [5.41, 5.74) is 4.36. The summed E-state index contributed by atoms with van der Waals surface area (Å²) in [5, 5.41) is 4.96. The Morgan fingerprint density at radius 1 is 1.15 bits per heavy atom. The zero-order chi connectivity index (χ0) is 18.4. The SMILES string of the molecule is Cn1cnc2cc(N3CCN(Cc4noc5c4CCC5)CC3)ccc2c1=O. The van der Waals surface area contributed by atoms with Crippen LogP contribution in [0.4, 0.5) is 5.69 Å². The van der Waals surface area contributed by atoms with E-state index in [1.807, 2.05) is 18.2 Å². The lowest BCUT2D eigenvalue weighted by Crippen LogP contribution is -2.46. The Morgan fingerprint density at radius 2 is 2.00 bits per heavy atom. The van der Waals surface area contributed by atoms with E-state index >= 15 is 0 Å². The predicted molar refractivity (Wildman–Crippen MR) is 103 cm³/mol. The molecule has 3 aromatic rings. The first kappa shape index (κ1) is 16.5. The van der Waals surface area contributed by atoms with E-state index in [9.17, 15) is 4.79 Å². The van der Waals surface area contributed by atoms with Crippen LogP contribution < -0.4 is 10.5 Å². The molecule has 2 aromatic heterocycles. The average Bonchev–Trinajstić information content (AvgIpc) is 3.30. The largest absolute Gasteiger partial charge is 0.369 e. The molecule has 1 aliphatic carbocycles. The van der Waals surface area contributed by atoms with Gasteiger partial charge < -0.3 is 14.0 Å². The van der Waals surface area contributed by atoms with Crippen molar-refractivity contribution in [2.24, 2.45) is 7.05 Å². The molecule has 1 saturated heterocycles. The molecule has 0 radical (unpaired) electrons. The van der Waals surface area contributed by atoms with E-state index in [4.69, 9.17) is 4.52 Å². The van der Waals surface area contributed by atoms with Crippen LogP contribution in [0.25, 0.3) is 10.9 Å². The molecule has 27 heavy (non-hydrogen) atoms. The maximum absolute atomic E-state index is 12.2. The number of piperazine rings is 1. The van der Waals surface area contributed by atoms with Gasteiger partial charge in [0, 0.05) is 57.4 Å². The molecular formula is C20H23N5O2. The summed E-state index contributed by atoms with van der Waals surface area (Å²) in [6.45, 7) is 4.77. The van der Waals surface area contributed by atoms with E-state index in [0.717, 1.165) is 68.2 Å². The van der Waals surface area contributed by atoms with Crippen molar-refractivity contribution in [1.29, 1.82) is 0 Å². The second-order valence-corrected chi connectivity index (χ2v) is 7.51. The highest BCUT2D eigenvalue weighted by Gasteiger charge is 2.24. The molecule has 1 fully saturated rings. The van der Waals surface area contributed by atoms with Crippen LogP contribution in [0.3, 0.4) is 0 Å². The highest BCUT2D eigenvalue weighted by atomic mass is 16.5. The summed E-state index contributed by atoms with van der Waals surface area (Å²) >= 11 is 0. The Kier molecular flexibility index (Phi) is 3.97. The smallest absolute Gasteiger partial charge is 0.260 e. The fourth-order valence-corrected chi connectivity index (χ4v) is 4.18. The van der Waals surface area contributed by atoms with Crippen molar-refractivity contribution in [2.45, 2.75) is 25.8 Å². The Balaban J connectivity index is 1.28. The van der Waals surface area contributed by atoms with Gasteiger partial charge in [-0.25, -0.2) is 4.98 Å². The van der Waals surface area contributed by atoms with Crippen molar-refractivity contribution in [3.63, 3.8) is 0 Å². The zero-order valence-corrected chi connectivity index (χ0v) is 15.5. The molecule has 0 amide bonds. The van der Waals surface area contributed by atoms with Gasteiger partial charge in [-0.1, -0.05) is 5.16 Å². The first-order valence-corrected chi connectivity index (χ1v) is 9.58. The van der Waals surface area contributed by atoms with Gasteiger partial charge in [-0.15, -0.1) is 0 Å². The second kappa shape index (κ2) is 6.49. The second-order valence-electron chi connectivity index (χ2n) is 7.51. The molecule has 0 N–H and O–H groups in total. The third kappa shape index (κ3) is 2.92. The molecule has 2 aliphatic rings. The summed E-state index contributed by atoms with van der Waals surface area (Å²) in [6.07, 6.45) is 4.92. The van der Waals surface area contributed by atoms with E-state index in [1.165, 1.54) is 16.6 Å². The first-order chi connectivity index (χ1) is 13.2. The van der Waals surface area contributed by atoms with Gasteiger partial charge in [0.2, 0.25) is 0 Å². The molecule has 0 atom stereocenters. The van der Waals surface area contributed by atoms with Crippen LogP contribution in [0.15, 0.2) is 33.8 Å². The van der Waals surface area contributed by atoms with Gasteiger partial charge in [0.1, 0.15) is 11.5 Å². The molecule has 7 heteroatoms. The maximum Gasteiger partial charge on any atom is 0.260 e. The molecule has 0 spiro atoms. The van der Waals surface area contributed by atoms with E-state index in [0.29, 0.717) is 5.39 Å². The van der Waals surface area contributed by atoms with E-state index in [2.05, 4.69) is 19.9 Å². The quantitative estimate of drug-likeness (QED) is 0.704. The van der Waals surface area contributed by atoms with Crippen LogP contribution in [0, 0.1) is 0 Å². The van der Waals surface area contributed by atoms with Crippen molar-refractivity contribution in [3.8, 4) is 0 Å². The van der Waals surface area contributed by atoms with Crippen LogP contribution in [0.5, 0.6) is 0 Å². The number of nitrogens with zero attached hydrogens (tertiary/aromatic N) is 5. The van der Waals surface area contributed by atoms with Crippen molar-refractivity contribution in [1.82, 2.24) is 19.6 Å². The van der Waals surface area contributed by atoms with Gasteiger partial charge in [-0.3, -0.25) is 9.69 Å². The monoisotopic (exact) mass is 365 g/mol. The zero-order valence-electron chi connectivity index (χ0n) is 15.5. The lowest BCUT2D eigenvalue weighted by atomic mass is 10.1. The number of aryl methyl sites for hydroxylation is 2. The fourth-order valence-electron chi connectivity index (χ4n) is 4.18. The molecule has 140 valence electrons. The number of rotatable bonds is 3. The van der Waals surface area contributed by atoms with Crippen LogP contribution >= 0.6 is 0 Å². The number of benzene rings is 1. The van der Waals surface area contributed by atoms with Crippen molar-refractivity contribution in [2.75, 3.05) is 31.1 Å². The van der Waals surface area contributed by atoms with E-state index < -0.39 is 0 Å². The molecule has 0 unspecified atom stereocenters. The number of anilines is 1. The first-order valence-electron chi connectivity index (χ1n) is 9.58. The number of hydrogen-bond acceptors (Lipinski definition) is 6. The fraction of sp³-hybridized carbons (Fsp3) is 0.450. The lowest BCUT2D eigenvalue weighted by molar-refractivity contribution is 0.240. The van der Waals surface area contributed by atoms with Crippen LogP contribution in [0.1, 0.15) is 23.4 Å². The van der Waals surface area contributed by atoms with Gasteiger partial charge in [0.25, 0.3) is 5.56 Å². The van der Waals surface area contributed by atoms with Crippen molar-refractivity contribution in [3.05, 3.63) is 51.9 Å². The average molecular weight is 365 g/mol. The number of fused-ring (bicyclic) bond motifs is 2. The van der Waals surface area contributed by atoms with Crippen molar-refractivity contribution >= 4 is 16.6 Å². The molecule has 0 bridgehead atoms. The number of aromatic nitrogens is 3. The van der Waals surface area contributed by atoms with Crippen LogP contribution in [-0.2, 0) is 26.4 Å². The predicted octanol–water partition coefficient (Wildman–Crippen LogP) is 1.73. The summed E-state index contributed by atoms with van der Waals surface area (Å²) in [7, 11) is 1.73. The number of hydrogen-bond donors (Lipinski definition) is 0. The lowest BCUT2D eigenvalue weighted by Gasteiger charge is -2.35. The minimum absolute atomic E-state index is 0.00323. The van der Waals surface area contributed by atoms with Crippen LogP contribution in [0.2, 0.25) is 0 Å². The molecular weight excluding hydrogens is 342 g/mol. The molecule has 1 aliphatic heterocycles. The van der Waals surface area contributed by atoms with Gasteiger partial charge in [0.05, 0.1) is 17.2 Å². The van der Waals surface area contributed by atoms with Gasteiger partial charge in [-0.2, -0.15) is 0 Å². The summed E-state index contributed by atoms with van der Waals surface area (Å²) < 4.78 is 6.99. The summed E-state index contributed by atoms with van der Waals surface area (Å²) in [5.74, 6) is 1.10. The topological polar surface area (TPSA) is 67.4 Å². The minimum Gasteiger partial charge on any atom is -0.369 e. The Morgan fingerprint density at radius 3 is 2.85 bits per heavy atom. The highest BCUT2D eigenvalue weighted by Crippen LogP contribution is 2.26. The molecule has 5 rings (SSSR count).